The molecule has 0 saturated heterocycles. The van der Waals surface area contributed by atoms with Gasteiger partial charge in [0.1, 0.15) is 17.7 Å². The highest BCUT2D eigenvalue weighted by atomic mass is 32.1. The second kappa shape index (κ2) is 13.0. The Bertz CT molecular complexity index is 1410. The molecular formula is C33H43N3O4S. The number of hydrogen-bond donors (Lipinski definition) is 3. The fourth-order valence-electron chi connectivity index (χ4n) is 4.69. The average Bonchev–Trinajstić information content (AvgIpc) is 2.90. The van der Waals surface area contributed by atoms with Gasteiger partial charge in [-0.1, -0.05) is 55.5 Å². The SMILES string of the molecule is CCC(C)(C)N(C(=O)C(CS)NC(=O)OC(C)(C)C)C(C(=O)Nc1ccc2ccccc2c1)c1cccc(C)c1C. The Morgan fingerprint density at radius 2 is 1.59 bits per heavy atom. The highest BCUT2D eigenvalue weighted by Gasteiger charge is 2.43. The number of aryl methyl sites for hydroxylation is 1. The lowest BCUT2D eigenvalue weighted by Gasteiger charge is -2.45. The number of alkyl carbamates (subject to hydrolysis) is 1. The van der Waals surface area contributed by atoms with Gasteiger partial charge in [0.2, 0.25) is 5.91 Å². The number of carbonyl (C=O) groups excluding carboxylic acids is 3. The fraction of sp³-hybridized carbons (Fsp3) is 0.424. The molecule has 0 radical (unpaired) electrons. The molecule has 0 spiro atoms. The van der Waals surface area contributed by atoms with E-state index >= 15 is 0 Å². The lowest BCUT2D eigenvalue weighted by molar-refractivity contribution is -0.147. The summed E-state index contributed by atoms with van der Waals surface area (Å²) in [6.45, 7) is 15.0. The molecule has 3 aromatic carbocycles. The van der Waals surface area contributed by atoms with Crippen molar-refractivity contribution in [2.75, 3.05) is 11.1 Å². The van der Waals surface area contributed by atoms with Crippen molar-refractivity contribution < 1.29 is 19.1 Å². The van der Waals surface area contributed by atoms with Crippen molar-refractivity contribution in [3.8, 4) is 0 Å². The molecule has 0 heterocycles. The van der Waals surface area contributed by atoms with Crippen LogP contribution in [-0.4, -0.2) is 45.7 Å². The van der Waals surface area contributed by atoms with Gasteiger partial charge in [-0.3, -0.25) is 9.59 Å². The second-order valence-corrected chi connectivity index (χ2v) is 12.4. The van der Waals surface area contributed by atoms with Crippen molar-refractivity contribution in [2.45, 2.75) is 85.0 Å². The van der Waals surface area contributed by atoms with E-state index in [1.807, 2.05) is 95.3 Å². The number of fused-ring (bicyclic) bond motifs is 1. The molecule has 3 rings (SSSR count). The Morgan fingerprint density at radius 3 is 2.20 bits per heavy atom. The van der Waals surface area contributed by atoms with Crippen LogP contribution in [-0.2, 0) is 14.3 Å². The third-order valence-corrected chi connectivity index (χ3v) is 7.76. The molecule has 2 atom stereocenters. The summed E-state index contributed by atoms with van der Waals surface area (Å²) < 4.78 is 5.42. The van der Waals surface area contributed by atoms with Crippen molar-refractivity contribution in [3.05, 3.63) is 77.4 Å². The molecule has 0 aliphatic rings. The third kappa shape index (κ3) is 7.82. The van der Waals surface area contributed by atoms with Gasteiger partial charge in [-0.05, 0) is 94.5 Å². The van der Waals surface area contributed by atoms with Crippen molar-refractivity contribution in [2.24, 2.45) is 0 Å². The molecule has 2 N–H and O–H groups in total. The van der Waals surface area contributed by atoms with Crippen LogP contribution >= 0.6 is 12.6 Å². The van der Waals surface area contributed by atoms with Crippen LogP contribution in [0.5, 0.6) is 0 Å². The van der Waals surface area contributed by atoms with Crippen LogP contribution in [0.3, 0.4) is 0 Å². The Hall–Kier alpha value is -3.52. The number of thiol groups is 1. The number of hydrogen-bond acceptors (Lipinski definition) is 5. The quantitative estimate of drug-likeness (QED) is 0.240. The minimum atomic E-state index is -1.01. The minimum absolute atomic E-state index is 0.0280. The van der Waals surface area contributed by atoms with Gasteiger partial charge in [0.15, 0.2) is 0 Å². The normalized spacial score (nSPS) is 13.3. The van der Waals surface area contributed by atoms with Crippen LogP contribution in [0.1, 0.15) is 70.7 Å². The van der Waals surface area contributed by atoms with E-state index in [1.54, 1.807) is 25.7 Å². The Labute approximate surface area is 249 Å². The summed E-state index contributed by atoms with van der Waals surface area (Å²) in [4.78, 5) is 42.9. The molecule has 0 aliphatic carbocycles. The van der Waals surface area contributed by atoms with E-state index in [4.69, 9.17) is 4.74 Å². The van der Waals surface area contributed by atoms with Crippen LogP contribution in [0.4, 0.5) is 10.5 Å². The molecule has 41 heavy (non-hydrogen) atoms. The van der Waals surface area contributed by atoms with E-state index in [0.29, 0.717) is 17.7 Å². The Kier molecular flexibility index (Phi) is 10.1. The van der Waals surface area contributed by atoms with Gasteiger partial charge in [0.25, 0.3) is 5.91 Å². The summed E-state index contributed by atoms with van der Waals surface area (Å²) in [7, 11) is 0. The molecule has 3 amide bonds. The van der Waals surface area contributed by atoms with Crippen LogP contribution in [0.25, 0.3) is 10.8 Å². The van der Waals surface area contributed by atoms with Gasteiger partial charge in [0.05, 0.1) is 0 Å². The van der Waals surface area contributed by atoms with Gasteiger partial charge in [-0.15, -0.1) is 0 Å². The van der Waals surface area contributed by atoms with Gasteiger partial charge in [-0.2, -0.15) is 12.6 Å². The van der Waals surface area contributed by atoms with Gasteiger partial charge in [-0.25, -0.2) is 4.79 Å². The van der Waals surface area contributed by atoms with Gasteiger partial charge in [0, 0.05) is 17.0 Å². The first-order chi connectivity index (χ1) is 19.2. The van der Waals surface area contributed by atoms with Crippen LogP contribution in [0, 0.1) is 13.8 Å². The van der Waals surface area contributed by atoms with Crippen molar-refractivity contribution >= 4 is 47.0 Å². The maximum Gasteiger partial charge on any atom is 0.408 e. The molecule has 0 aliphatic heterocycles. The van der Waals surface area contributed by atoms with Crippen LogP contribution in [0.2, 0.25) is 0 Å². The molecule has 0 saturated carbocycles. The van der Waals surface area contributed by atoms with E-state index in [-0.39, 0.29) is 11.7 Å². The minimum Gasteiger partial charge on any atom is -0.444 e. The predicted molar refractivity (Wildman–Crippen MR) is 169 cm³/mol. The zero-order valence-corrected chi connectivity index (χ0v) is 26.3. The van der Waals surface area contributed by atoms with E-state index in [1.165, 1.54) is 0 Å². The van der Waals surface area contributed by atoms with E-state index in [9.17, 15) is 14.4 Å². The third-order valence-electron chi connectivity index (χ3n) is 7.39. The largest absolute Gasteiger partial charge is 0.444 e. The maximum absolute atomic E-state index is 14.4. The number of rotatable bonds is 9. The number of nitrogens with one attached hydrogen (secondary N) is 2. The smallest absolute Gasteiger partial charge is 0.408 e. The number of nitrogens with zero attached hydrogens (tertiary/aromatic N) is 1. The van der Waals surface area contributed by atoms with E-state index < -0.39 is 35.2 Å². The maximum atomic E-state index is 14.4. The number of amides is 3. The first-order valence-electron chi connectivity index (χ1n) is 14.0. The van der Waals surface area contributed by atoms with Crippen LogP contribution in [0.15, 0.2) is 60.7 Å². The number of carbonyl (C=O) groups is 3. The summed E-state index contributed by atoms with van der Waals surface area (Å²) in [5, 5.41) is 7.81. The molecule has 7 nitrogen and oxygen atoms in total. The van der Waals surface area contributed by atoms with Crippen molar-refractivity contribution in [3.63, 3.8) is 0 Å². The summed E-state index contributed by atoms with van der Waals surface area (Å²) in [5.41, 5.74) is 1.77. The molecule has 2 unspecified atom stereocenters. The zero-order valence-electron chi connectivity index (χ0n) is 25.4. The number of ether oxygens (including phenoxy) is 1. The number of anilines is 1. The molecule has 0 fully saturated rings. The van der Waals surface area contributed by atoms with Gasteiger partial charge >= 0.3 is 6.09 Å². The molecule has 8 heteroatoms. The fourth-order valence-corrected chi connectivity index (χ4v) is 4.94. The van der Waals surface area contributed by atoms with Crippen molar-refractivity contribution in [1.29, 1.82) is 0 Å². The van der Waals surface area contributed by atoms with Gasteiger partial charge < -0.3 is 20.3 Å². The highest BCUT2D eigenvalue weighted by molar-refractivity contribution is 7.80. The summed E-state index contributed by atoms with van der Waals surface area (Å²) in [6, 6.07) is 17.4. The molecule has 0 bridgehead atoms. The summed E-state index contributed by atoms with van der Waals surface area (Å²) in [6.07, 6.45) is -0.155. The summed E-state index contributed by atoms with van der Waals surface area (Å²) in [5.74, 6) is -0.739. The van der Waals surface area contributed by atoms with Crippen molar-refractivity contribution in [1.82, 2.24) is 10.2 Å². The first kappa shape index (κ1) is 32.0. The Balaban J connectivity index is 2.11. The monoisotopic (exact) mass is 577 g/mol. The van der Waals surface area contributed by atoms with E-state index in [0.717, 1.165) is 21.9 Å². The zero-order chi connectivity index (χ0) is 30.5. The molecule has 220 valence electrons. The topological polar surface area (TPSA) is 87.7 Å². The highest BCUT2D eigenvalue weighted by Crippen LogP contribution is 2.35. The molecular weight excluding hydrogens is 534 g/mol. The van der Waals surface area contributed by atoms with E-state index in [2.05, 4.69) is 23.3 Å². The second-order valence-electron chi connectivity index (χ2n) is 12.0. The molecule has 0 aromatic heterocycles. The Morgan fingerprint density at radius 1 is 0.927 bits per heavy atom. The van der Waals surface area contributed by atoms with Crippen LogP contribution < -0.4 is 10.6 Å². The summed E-state index contributed by atoms with van der Waals surface area (Å²) >= 11 is 4.40. The standard InChI is InChI=1S/C33H43N3O4S/c1-9-33(7,8)36(30(38)27(20-41)35-31(39)40-32(4,5)6)28(26-16-12-13-21(2)22(26)3)29(37)34-25-18-17-23-14-10-11-15-24(23)19-25/h10-19,27-28,41H,9,20H2,1-8H3,(H,34,37)(H,35,39). The average molecular weight is 578 g/mol. The molecule has 3 aromatic rings. The number of benzene rings is 3. The lowest BCUT2D eigenvalue weighted by atomic mass is 9.89. The first-order valence-corrected chi connectivity index (χ1v) is 14.6. The predicted octanol–water partition coefficient (Wildman–Crippen LogP) is 6.98. The lowest BCUT2D eigenvalue weighted by Crippen LogP contribution is -2.59.